The highest BCUT2D eigenvalue weighted by Gasteiger charge is 2.27. The van der Waals surface area contributed by atoms with Gasteiger partial charge < -0.3 is 15.0 Å². The Morgan fingerprint density at radius 1 is 1.30 bits per heavy atom. The Hall–Kier alpha value is -2.80. The summed E-state index contributed by atoms with van der Waals surface area (Å²) >= 11 is 1.64. The third-order valence-electron chi connectivity index (χ3n) is 4.29. The molecular formula is C20H18FN3O2S. The molecule has 2 aromatic rings. The number of amides is 1. The van der Waals surface area contributed by atoms with E-state index in [1.54, 1.807) is 30.8 Å². The molecule has 1 amide bonds. The largest absolute Gasteiger partial charge is 0.481 e. The SMILES string of the molecule is CC(Oc1cccc(F)c1)C(=O)Nc1ccc(C2=CSC3=NCCN23)cc1. The normalized spacial score (nSPS) is 16.4. The Morgan fingerprint density at radius 3 is 2.89 bits per heavy atom. The average molecular weight is 383 g/mol. The molecule has 0 spiro atoms. The molecule has 0 saturated carbocycles. The van der Waals surface area contributed by atoms with Crippen molar-refractivity contribution in [3.63, 3.8) is 0 Å². The lowest BCUT2D eigenvalue weighted by Crippen LogP contribution is -2.30. The van der Waals surface area contributed by atoms with Gasteiger partial charge in [-0.3, -0.25) is 9.79 Å². The minimum absolute atomic E-state index is 0.295. The first-order chi connectivity index (χ1) is 13.1. The maximum atomic E-state index is 13.2. The predicted octanol–water partition coefficient (Wildman–Crippen LogP) is 3.95. The topological polar surface area (TPSA) is 53.9 Å². The van der Waals surface area contributed by atoms with Crippen LogP contribution in [-0.4, -0.2) is 35.2 Å². The van der Waals surface area contributed by atoms with Crippen molar-refractivity contribution in [2.45, 2.75) is 13.0 Å². The molecule has 0 bridgehead atoms. The summed E-state index contributed by atoms with van der Waals surface area (Å²) in [5, 5.41) is 5.97. The van der Waals surface area contributed by atoms with Crippen LogP contribution in [-0.2, 0) is 4.79 Å². The first-order valence-electron chi connectivity index (χ1n) is 8.62. The number of halogens is 1. The molecule has 0 saturated heterocycles. The van der Waals surface area contributed by atoms with Gasteiger partial charge in [-0.25, -0.2) is 4.39 Å². The molecule has 1 N–H and O–H groups in total. The molecule has 4 rings (SSSR count). The van der Waals surface area contributed by atoms with E-state index in [1.165, 1.54) is 12.1 Å². The van der Waals surface area contributed by atoms with Crippen LogP contribution in [0.4, 0.5) is 10.1 Å². The molecular weight excluding hydrogens is 365 g/mol. The maximum Gasteiger partial charge on any atom is 0.265 e. The summed E-state index contributed by atoms with van der Waals surface area (Å²) in [6.45, 7) is 3.36. The fourth-order valence-corrected chi connectivity index (χ4v) is 3.88. The van der Waals surface area contributed by atoms with Crippen molar-refractivity contribution in [2.24, 2.45) is 4.99 Å². The van der Waals surface area contributed by atoms with Gasteiger partial charge in [-0.1, -0.05) is 30.0 Å². The van der Waals surface area contributed by atoms with Crippen molar-refractivity contribution in [2.75, 3.05) is 18.4 Å². The lowest BCUT2D eigenvalue weighted by atomic mass is 10.1. The van der Waals surface area contributed by atoms with E-state index >= 15 is 0 Å². The number of anilines is 1. The Morgan fingerprint density at radius 2 is 2.11 bits per heavy atom. The van der Waals surface area contributed by atoms with Gasteiger partial charge in [-0.15, -0.1) is 0 Å². The minimum atomic E-state index is -0.746. The zero-order chi connectivity index (χ0) is 18.8. The fourth-order valence-electron chi connectivity index (χ4n) is 2.91. The number of fused-ring (bicyclic) bond motifs is 1. The van der Waals surface area contributed by atoms with Gasteiger partial charge >= 0.3 is 0 Å². The van der Waals surface area contributed by atoms with Gasteiger partial charge in [0.15, 0.2) is 11.3 Å². The Labute approximate surface area is 160 Å². The number of hydrogen-bond donors (Lipinski definition) is 1. The molecule has 0 aromatic heterocycles. The maximum absolute atomic E-state index is 13.2. The molecule has 0 radical (unpaired) electrons. The molecule has 1 unspecified atom stereocenters. The molecule has 27 heavy (non-hydrogen) atoms. The number of benzene rings is 2. The molecule has 7 heteroatoms. The second-order valence-corrected chi connectivity index (χ2v) is 7.06. The zero-order valence-corrected chi connectivity index (χ0v) is 15.5. The van der Waals surface area contributed by atoms with Gasteiger partial charge in [-0.2, -0.15) is 0 Å². The van der Waals surface area contributed by atoms with Gasteiger partial charge in [0.05, 0.1) is 12.2 Å². The predicted molar refractivity (Wildman–Crippen MR) is 106 cm³/mol. The summed E-state index contributed by atoms with van der Waals surface area (Å²) in [6, 6.07) is 13.4. The number of rotatable bonds is 5. The molecule has 5 nitrogen and oxygen atoms in total. The number of hydrogen-bond acceptors (Lipinski definition) is 5. The molecule has 1 atom stereocenters. The molecule has 2 heterocycles. The van der Waals surface area contributed by atoms with Crippen molar-refractivity contribution in [3.8, 4) is 5.75 Å². The highest BCUT2D eigenvalue weighted by molar-refractivity contribution is 8.16. The van der Waals surface area contributed by atoms with E-state index in [1.807, 2.05) is 24.3 Å². The summed E-state index contributed by atoms with van der Waals surface area (Å²) in [4.78, 5) is 19.0. The van der Waals surface area contributed by atoms with E-state index in [0.29, 0.717) is 11.4 Å². The monoisotopic (exact) mass is 383 g/mol. The van der Waals surface area contributed by atoms with Crippen LogP contribution in [0.3, 0.4) is 0 Å². The van der Waals surface area contributed by atoms with Crippen LogP contribution < -0.4 is 10.1 Å². The van der Waals surface area contributed by atoms with Crippen LogP contribution >= 0.6 is 11.8 Å². The molecule has 0 aliphatic carbocycles. The third-order valence-corrected chi connectivity index (χ3v) is 5.20. The number of carbonyl (C=O) groups excluding carboxylic acids is 1. The van der Waals surface area contributed by atoms with E-state index in [4.69, 9.17) is 4.74 Å². The summed E-state index contributed by atoms with van der Waals surface area (Å²) in [6.07, 6.45) is -0.746. The summed E-state index contributed by atoms with van der Waals surface area (Å²) in [5.41, 5.74) is 2.90. The molecule has 2 aliphatic heterocycles. The number of nitrogens with zero attached hydrogens (tertiary/aromatic N) is 2. The Kier molecular flexibility index (Phi) is 4.85. The number of thioether (sulfide) groups is 1. The van der Waals surface area contributed by atoms with Crippen molar-refractivity contribution < 1.29 is 13.9 Å². The molecule has 138 valence electrons. The smallest absolute Gasteiger partial charge is 0.265 e. The summed E-state index contributed by atoms with van der Waals surface area (Å²) in [7, 11) is 0. The number of amidine groups is 1. The van der Waals surface area contributed by atoms with Crippen LogP contribution in [0.25, 0.3) is 5.70 Å². The van der Waals surface area contributed by atoms with Gasteiger partial charge in [0.1, 0.15) is 11.6 Å². The summed E-state index contributed by atoms with van der Waals surface area (Å²) < 4.78 is 18.7. The highest BCUT2D eigenvalue weighted by atomic mass is 32.2. The lowest BCUT2D eigenvalue weighted by molar-refractivity contribution is -0.122. The average Bonchev–Trinajstić information content (AvgIpc) is 3.26. The number of ether oxygens (including phenoxy) is 1. The van der Waals surface area contributed by atoms with E-state index in [-0.39, 0.29) is 5.91 Å². The fraction of sp³-hybridized carbons (Fsp3) is 0.200. The van der Waals surface area contributed by atoms with E-state index < -0.39 is 11.9 Å². The standard InChI is InChI=1S/C20H18FN3O2S/c1-13(26-17-4-2-3-15(21)11-17)19(25)23-16-7-5-14(6-8-16)18-12-27-20-22-9-10-24(18)20/h2-8,11-13H,9-10H2,1H3,(H,23,25). The van der Waals surface area contributed by atoms with Gasteiger partial charge in [0.2, 0.25) is 0 Å². The Balaban J connectivity index is 1.38. The van der Waals surface area contributed by atoms with Crippen LogP contribution in [0, 0.1) is 5.82 Å². The van der Waals surface area contributed by atoms with Crippen molar-refractivity contribution in [1.82, 2.24) is 4.90 Å². The minimum Gasteiger partial charge on any atom is -0.481 e. The van der Waals surface area contributed by atoms with Gasteiger partial charge in [0, 0.05) is 23.7 Å². The quantitative estimate of drug-likeness (QED) is 0.850. The van der Waals surface area contributed by atoms with Crippen LogP contribution in [0.1, 0.15) is 12.5 Å². The second-order valence-electron chi connectivity index (χ2n) is 6.22. The van der Waals surface area contributed by atoms with E-state index in [0.717, 1.165) is 29.5 Å². The first kappa shape index (κ1) is 17.6. The second kappa shape index (κ2) is 7.44. The van der Waals surface area contributed by atoms with Crippen molar-refractivity contribution in [3.05, 3.63) is 65.3 Å². The zero-order valence-electron chi connectivity index (χ0n) is 14.7. The molecule has 2 aromatic carbocycles. The van der Waals surface area contributed by atoms with Gasteiger partial charge in [0.25, 0.3) is 5.91 Å². The Bertz CT molecular complexity index is 927. The van der Waals surface area contributed by atoms with Gasteiger partial charge in [-0.05, 0) is 36.8 Å². The summed E-state index contributed by atoms with van der Waals surface area (Å²) in [5.74, 6) is -0.375. The third kappa shape index (κ3) is 3.83. The van der Waals surface area contributed by atoms with Crippen LogP contribution in [0.5, 0.6) is 5.75 Å². The number of carbonyl (C=O) groups is 1. The molecule has 0 fully saturated rings. The number of nitrogens with one attached hydrogen (secondary N) is 1. The van der Waals surface area contributed by atoms with Crippen LogP contribution in [0.15, 0.2) is 58.9 Å². The first-order valence-corrected chi connectivity index (χ1v) is 9.50. The van der Waals surface area contributed by atoms with E-state index in [9.17, 15) is 9.18 Å². The van der Waals surface area contributed by atoms with Crippen molar-refractivity contribution in [1.29, 1.82) is 0 Å². The van der Waals surface area contributed by atoms with Crippen molar-refractivity contribution >= 4 is 34.2 Å². The lowest BCUT2D eigenvalue weighted by Gasteiger charge is -2.17. The highest BCUT2D eigenvalue weighted by Crippen LogP contribution is 2.35. The van der Waals surface area contributed by atoms with E-state index in [2.05, 4.69) is 20.6 Å². The molecule has 2 aliphatic rings. The number of aliphatic imine (C=N–C) groups is 1. The van der Waals surface area contributed by atoms with Crippen LogP contribution in [0.2, 0.25) is 0 Å².